The van der Waals surface area contributed by atoms with Gasteiger partial charge in [0.1, 0.15) is 5.54 Å². The Labute approximate surface area is 109 Å². The Morgan fingerprint density at radius 3 is 2.89 bits per heavy atom. The zero-order chi connectivity index (χ0) is 13.6. The Morgan fingerprint density at radius 1 is 1.56 bits per heavy atom. The fourth-order valence-corrected chi connectivity index (χ4v) is 2.34. The minimum atomic E-state index is -1.09. The first-order valence-corrected chi connectivity index (χ1v) is 6.73. The number of carboxylic acid groups (broad SMARTS) is 1. The van der Waals surface area contributed by atoms with Crippen LogP contribution >= 0.6 is 0 Å². The molecule has 0 bridgehead atoms. The molecule has 2 unspecified atom stereocenters. The lowest BCUT2D eigenvalue weighted by Gasteiger charge is -2.32. The van der Waals surface area contributed by atoms with Crippen LogP contribution in [0.25, 0.3) is 0 Å². The van der Waals surface area contributed by atoms with Gasteiger partial charge in [0.2, 0.25) is 0 Å². The highest BCUT2D eigenvalue weighted by Crippen LogP contribution is 2.15. The van der Waals surface area contributed by atoms with Crippen molar-refractivity contribution in [1.82, 2.24) is 4.90 Å². The van der Waals surface area contributed by atoms with Crippen LogP contribution in [0.1, 0.15) is 39.0 Å². The second-order valence-corrected chi connectivity index (χ2v) is 5.48. The number of hydrogen-bond acceptors (Lipinski definition) is 4. The Kier molecular flexibility index (Phi) is 6.05. The predicted molar refractivity (Wildman–Crippen MR) is 70.6 cm³/mol. The van der Waals surface area contributed by atoms with E-state index >= 15 is 0 Å². The van der Waals surface area contributed by atoms with Gasteiger partial charge in [0.25, 0.3) is 0 Å². The lowest BCUT2D eigenvalue weighted by Crippen LogP contribution is -2.45. The van der Waals surface area contributed by atoms with Crippen molar-refractivity contribution >= 4 is 5.97 Å². The number of rotatable bonds is 7. The fourth-order valence-electron chi connectivity index (χ4n) is 2.34. The number of unbranched alkanes of at least 4 members (excludes halogenated alkanes) is 1. The van der Waals surface area contributed by atoms with Crippen LogP contribution in [0.2, 0.25) is 0 Å². The molecule has 0 radical (unpaired) electrons. The number of nitrogens with two attached hydrogens (primary N) is 1. The van der Waals surface area contributed by atoms with E-state index in [2.05, 4.69) is 4.90 Å². The van der Waals surface area contributed by atoms with E-state index in [4.69, 9.17) is 15.6 Å². The Balaban J connectivity index is 2.16. The van der Waals surface area contributed by atoms with Crippen molar-refractivity contribution in [1.29, 1.82) is 0 Å². The molecule has 5 nitrogen and oxygen atoms in total. The molecule has 0 aromatic rings. The van der Waals surface area contributed by atoms with Gasteiger partial charge >= 0.3 is 5.97 Å². The van der Waals surface area contributed by atoms with Gasteiger partial charge in [-0.3, -0.25) is 4.79 Å². The largest absolute Gasteiger partial charge is 0.480 e. The molecule has 1 saturated heterocycles. The SMILES string of the molecule is COC1CCCN(CCCCC(C)(N)C(=O)O)C1. The van der Waals surface area contributed by atoms with Gasteiger partial charge < -0.3 is 20.5 Å². The van der Waals surface area contributed by atoms with E-state index in [0.717, 1.165) is 38.9 Å². The van der Waals surface area contributed by atoms with Crippen LogP contribution in [0, 0.1) is 0 Å². The maximum absolute atomic E-state index is 10.8. The molecule has 0 amide bonds. The fraction of sp³-hybridized carbons (Fsp3) is 0.923. The third-order valence-electron chi connectivity index (χ3n) is 3.70. The van der Waals surface area contributed by atoms with Gasteiger partial charge in [-0.25, -0.2) is 0 Å². The van der Waals surface area contributed by atoms with Crippen molar-refractivity contribution in [3.05, 3.63) is 0 Å². The number of likely N-dealkylation sites (tertiary alicyclic amines) is 1. The molecule has 1 aliphatic rings. The third kappa shape index (κ3) is 4.92. The highest BCUT2D eigenvalue weighted by Gasteiger charge is 2.27. The summed E-state index contributed by atoms with van der Waals surface area (Å²) in [5, 5.41) is 8.90. The molecule has 18 heavy (non-hydrogen) atoms. The summed E-state index contributed by atoms with van der Waals surface area (Å²) in [5.74, 6) is -0.917. The molecule has 5 heteroatoms. The molecule has 0 saturated carbocycles. The number of ether oxygens (including phenoxy) is 1. The van der Waals surface area contributed by atoms with Crippen molar-refractivity contribution < 1.29 is 14.6 Å². The van der Waals surface area contributed by atoms with Crippen LogP contribution in [0.5, 0.6) is 0 Å². The predicted octanol–water partition coefficient (Wildman–Crippen LogP) is 1.07. The molecule has 1 heterocycles. The Morgan fingerprint density at radius 2 is 2.28 bits per heavy atom. The summed E-state index contributed by atoms with van der Waals surface area (Å²) in [6, 6.07) is 0. The summed E-state index contributed by atoms with van der Waals surface area (Å²) < 4.78 is 5.37. The summed E-state index contributed by atoms with van der Waals surface area (Å²) in [4.78, 5) is 13.2. The highest BCUT2D eigenvalue weighted by atomic mass is 16.5. The van der Waals surface area contributed by atoms with Crippen LogP contribution in [0.4, 0.5) is 0 Å². The van der Waals surface area contributed by atoms with Gasteiger partial charge in [0, 0.05) is 13.7 Å². The smallest absolute Gasteiger partial charge is 0.323 e. The molecule has 0 aromatic carbocycles. The van der Waals surface area contributed by atoms with E-state index in [1.54, 1.807) is 14.0 Å². The van der Waals surface area contributed by atoms with Gasteiger partial charge in [-0.1, -0.05) is 0 Å². The lowest BCUT2D eigenvalue weighted by molar-refractivity contribution is -0.142. The monoisotopic (exact) mass is 258 g/mol. The molecule has 3 N–H and O–H groups in total. The van der Waals surface area contributed by atoms with Crippen molar-refractivity contribution in [3.63, 3.8) is 0 Å². The van der Waals surface area contributed by atoms with E-state index in [9.17, 15) is 4.79 Å². The van der Waals surface area contributed by atoms with Crippen molar-refractivity contribution in [2.24, 2.45) is 5.73 Å². The van der Waals surface area contributed by atoms with Gasteiger partial charge in [-0.2, -0.15) is 0 Å². The number of carbonyl (C=O) groups is 1. The molecule has 1 fully saturated rings. The summed E-state index contributed by atoms with van der Waals surface area (Å²) >= 11 is 0. The molecule has 1 rings (SSSR count). The molecule has 0 aromatic heterocycles. The van der Waals surface area contributed by atoms with Crippen LogP contribution in [0.3, 0.4) is 0 Å². The summed E-state index contributed by atoms with van der Waals surface area (Å²) in [6.45, 7) is 4.71. The molecular formula is C13H26N2O3. The Bertz CT molecular complexity index is 269. The first kappa shape index (κ1) is 15.4. The number of nitrogens with zero attached hydrogens (tertiary/aromatic N) is 1. The van der Waals surface area contributed by atoms with Gasteiger partial charge in [0.05, 0.1) is 6.10 Å². The molecule has 106 valence electrons. The second kappa shape index (κ2) is 7.07. The molecule has 1 aliphatic heterocycles. The van der Waals surface area contributed by atoms with E-state index < -0.39 is 11.5 Å². The van der Waals surface area contributed by atoms with Crippen molar-refractivity contribution in [2.45, 2.75) is 50.7 Å². The topological polar surface area (TPSA) is 75.8 Å². The van der Waals surface area contributed by atoms with E-state index in [0.29, 0.717) is 12.5 Å². The first-order chi connectivity index (χ1) is 8.45. The van der Waals surface area contributed by atoms with Crippen LogP contribution in [0.15, 0.2) is 0 Å². The van der Waals surface area contributed by atoms with Gasteiger partial charge in [0.15, 0.2) is 0 Å². The minimum Gasteiger partial charge on any atom is -0.480 e. The van der Waals surface area contributed by atoms with Crippen LogP contribution < -0.4 is 5.73 Å². The second-order valence-electron chi connectivity index (χ2n) is 5.48. The van der Waals surface area contributed by atoms with Crippen molar-refractivity contribution in [2.75, 3.05) is 26.7 Å². The van der Waals surface area contributed by atoms with Crippen molar-refractivity contribution in [3.8, 4) is 0 Å². The minimum absolute atomic E-state index is 0.359. The standard InChI is InChI=1S/C13H26N2O3/c1-13(14,12(16)17)7-3-4-8-15-9-5-6-11(10-15)18-2/h11H,3-10,14H2,1-2H3,(H,16,17). The third-order valence-corrected chi connectivity index (χ3v) is 3.70. The summed E-state index contributed by atoms with van der Waals surface area (Å²) in [7, 11) is 1.76. The number of hydrogen-bond donors (Lipinski definition) is 2. The van der Waals surface area contributed by atoms with Gasteiger partial charge in [-0.05, 0) is 52.1 Å². The normalized spacial score (nSPS) is 24.7. The molecule has 0 spiro atoms. The maximum Gasteiger partial charge on any atom is 0.323 e. The number of piperidine rings is 1. The highest BCUT2D eigenvalue weighted by molar-refractivity contribution is 5.77. The zero-order valence-corrected chi connectivity index (χ0v) is 11.5. The summed E-state index contributed by atoms with van der Waals surface area (Å²) in [5.41, 5.74) is 4.60. The van der Waals surface area contributed by atoms with Crippen LogP contribution in [-0.4, -0.2) is 54.4 Å². The van der Waals surface area contributed by atoms with E-state index in [1.807, 2.05) is 0 Å². The molecule has 2 atom stereocenters. The average Bonchev–Trinajstić information content (AvgIpc) is 2.35. The Hall–Kier alpha value is -0.650. The van der Waals surface area contributed by atoms with E-state index in [-0.39, 0.29) is 0 Å². The first-order valence-electron chi connectivity index (χ1n) is 6.73. The molecular weight excluding hydrogens is 232 g/mol. The van der Waals surface area contributed by atoms with E-state index in [1.165, 1.54) is 6.42 Å². The number of methoxy groups -OCH3 is 1. The lowest BCUT2D eigenvalue weighted by atomic mass is 9.96. The quantitative estimate of drug-likeness (QED) is 0.668. The average molecular weight is 258 g/mol. The van der Waals surface area contributed by atoms with Gasteiger partial charge in [-0.15, -0.1) is 0 Å². The summed E-state index contributed by atoms with van der Waals surface area (Å²) in [6.07, 6.45) is 5.07. The molecule has 0 aliphatic carbocycles. The zero-order valence-electron chi connectivity index (χ0n) is 11.5. The maximum atomic E-state index is 10.8. The number of carboxylic acids is 1. The van der Waals surface area contributed by atoms with Crippen LogP contribution in [-0.2, 0) is 9.53 Å². The number of aliphatic carboxylic acids is 1.